The average Bonchev–Trinajstić information content (AvgIpc) is 2.30. The number of benzene rings is 1. The first-order valence-electron chi connectivity index (χ1n) is 5.91. The van der Waals surface area contributed by atoms with E-state index < -0.39 is 0 Å². The maximum atomic E-state index is 12.7. The summed E-state index contributed by atoms with van der Waals surface area (Å²) in [5, 5.41) is 2.40. The molecule has 1 aromatic rings. The molecule has 2 N–H and O–H groups in total. The number of aryl methyl sites for hydroxylation is 1. The normalized spacial score (nSPS) is 17.9. The van der Waals surface area contributed by atoms with Crippen molar-refractivity contribution in [3.8, 4) is 0 Å². The summed E-state index contributed by atoms with van der Waals surface area (Å²) in [5.41, 5.74) is 1.27. The van der Waals surface area contributed by atoms with Crippen molar-refractivity contribution in [3.05, 3.63) is 35.6 Å². The van der Waals surface area contributed by atoms with Gasteiger partial charge in [0.2, 0.25) is 0 Å². The first-order chi connectivity index (χ1) is 7.34. The lowest BCUT2D eigenvalue weighted by Gasteiger charge is -2.19. The smallest absolute Gasteiger partial charge is 0.123 e. The number of nitrogens with two attached hydrogens (primary N) is 1. The highest BCUT2D eigenvalue weighted by Crippen LogP contribution is 2.17. The molecule has 2 rings (SSSR count). The summed E-state index contributed by atoms with van der Waals surface area (Å²) in [6.45, 7) is 2.57. The molecular weight excluding hydrogens is 189 g/mol. The van der Waals surface area contributed by atoms with Crippen LogP contribution in [-0.4, -0.2) is 13.1 Å². The zero-order chi connectivity index (χ0) is 10.5. The standard InChI is InChI=1S/C13H18FN/c14-13-5-3-11(4-6-13)1-2-12-7-9-15-10-8-12/h3-6,12,15H,1-2,7-10H2/p+1. The van der Waals surface area contributed by atoms with E-state index in [1.54, 1.807) is 12.1 Å². The highest BCUT2D eigenvalue weighted by atomic mass is 19.1. The molecule has 82 valence electrons. The lowest BCUT2D eigenvalue weighted by atomic mass is 9.91. The van der Waals surface area contributed by atoms with E-state index in [0.717, 1.165) is 12.3 Å². The third-order valence-corrected chi connectivity index (χ3v) is 3.31. The number of rotatable bonds is 3. The Labute approximate surface area is 90.7 Å². The number of quaternary nitrogens is 1. The fraction of sp³-hybridized carbons (Fsp3) is 0.538. The summed E-state index contributed by atoms with van der Waals surface area (Å²) >= 11 is 0. The highest BCUT2D eigenvalue weighted by Gasteiger charge is 2.14. The Morgan fingerprint density at radius 1 is 1.13 bits per heavy atom. The van der Waals surface area contributed by atoms with E-state index in [-0.39, 0.29) is 5.82 Å². The van der Waals surface area contributed by atoms with Crippen LogP contribution in [0.3, 0.4) is 0 Å². The van der Waals surface area contributed by atoms with Gasteiger partial charge >= 0.3 is 0 Å². The molecule has 0 amide bonds. The van der Waals surface area contributed by atoms with Gasteiger partial charge in [-0.05, 0) is 49.3 Å². The van der Waals surface area contributed by atoms with Crippen LogP contribution in [0, 0.1) is 11.7 Å². The molecule has 0 atom stereocenters. The van der Waals surface area contributed by atoms with Gasteiger partial charge in [0.1, 0.15) is 5.82 Å². The molecule has 1 aromatic carbocycles. The minimum atomic E-state index is -0.133. The quantitative estimate of drug-likeness (QED) is 0.779. The summed E-state index contributed by atoms with van der Waals surface area (Å²) in [6.07, 6.45) is 5.06. The van der Waals surface area contributed by atoms with Gasteiger partial charge in [-0.15, -0.1) is 0 Å². The van der Waals surface area contributed by atoms with Crippen LogP contribution in [0.1, 0.15) is 24.8 Å². The van der Waals surface area contributed by atoms with Crippen molar-refractivity contribution in [2.24, 2.45) is 5.92 Å². The largest absolute Gasteiger partial charge is 0.346 e. The molecule has 15 heavy (non-hydrogen) atoms. The predicted molar refractivity (Wildman–Crippen MR) is 59.1 cm³/mol. The Morgan fingerprint density at radius 2 is 1.80 bits per heavy atom. The predicted octanol–water partition coefficient (Wildman–Crippen LogP) is 1.73. The molecule has 0 unspecified atom stereocenters. The molecule has 1 aliphatic heterocycles. The van der Waals surface area contributed by atoms with Gasteiger partial charge in [0.05, 0.1) is 13.1 Å². The van der Waals surface area contributed by atoms with Crippen LogP contribution < -0.4 is 5.32 Å². The molecule has 0 aliphatic carbocycles. The Hall–Kier alpha value is -0.890. The van der Waals surface area contributed by atoms with E-state index in [4.69, 9.17) is 0 Å². The van der Waals surface area contributed by atoms with Gasteiger partial charge in [-0.25, -0.2) is 4.39 Å². The fourth-order valence-corrected chi connectivity index (χ4v) is 2.31. The van der Waals surface area contributed by atoms with E-state index >= 15 is 0 Å². The van der Waals surface area contributed by atoms with Gasteiger partial charge < -0.3 is 5.32 Å². The molecule has 0 spiro atoms. The number of piperidine rings is 1. The minimum Gasteiger partial charge on any atom is -0.346 e. The fourth-order valence-electron chi connectivity index (χ4n) is 2.31. The topological polar surface area (TPSA) is 16.6 Å². The van der Waals surface area contributed by atoms with E-state index in [9.17, 15) is 4.39 Å². The van der Waals surface area contributed by atoms with Crippen molar-refractivity contribution in [2.75, 3.05) is 13.1 Å². The Morgan fingerprint density at radius 3 is 2.47 bits per heavy atom. The van der Waals surface area contributed by atoms with Gasteiger partial charge in [-0.2, -0.15) is 0 Å². The molecule has 2 heteroatoms. The van der Waals surface area contributed by atoms with Gasteiger partial charge in [-0.1, -0.05) is 12.1 Å². The van der Waals surface area contributed by atoms with Crippen molar-refractivity contribution in [3.63, 3.8) is 0 Å². The second-order valence-corrected chi connectivity index (χ2v) is 4.47. The molecule has 1 nitrogen and oxygen atoms in total. The van der Waals surface area contributed by atoms with Crippen LogP contribution in [0.2, 0.25) is 0 Å². The number of hydrogen-bond donors (Lipinski definition) is 1. The van der Waals surface area contributed by atoms with E-state index in [2.05, 4.69) is 5.32 Å². The van der Waals surface area contributed by atoms with Gasteiger partial charge in [0.15, 0.2) is 0 Å². The molecule has 1 saturated heterocycles. The Kier molecular flexibility index (Phi) is 3.73. The molecule has 0 aromatic heterocycles. The lowest BCUT2D eigenvalue weighted by Crippen LogP contribution is -2.86. The molecule has 0 bridgehead atoms. The van der Waals surface area contributed by atoms with E-state index in [0.29, 0.717) is 0 Å². The molecule has 1 aliphatic rings. The van der Waals surface area contributed by atoms with Crippen molar-refractivity contribution >= 4 is 0 Å². The van der Waals surface area contributed by atoms with Gasteiger partial charge in [-0.3, -0.25) is 0 Å². The summed E-state index contributed by atoms with van der Waals surface area (Å²) < 4.78 is 12.7. The number of halogens is 1. The minimum absolute atomic E-state index is 0.133. The SMILES string of the molecule is Fc1ccc(CCC2CC[NH2+]CC2)cc1. The third kappa shape index (κ3) is 3.31. The van der Waals surface area contributed by atoms with Crippen LogP contribution in [0.5, 0.6) is 0 Å². The molecule has 0 radical (unpaired) electrons. The Balaban J connectivity index is 1.79. The van der Waals surface area contributed by atoms with E-state index in [1.165, 1.54) is 37.9 Å². The second kappa shape index (κ2) is 5.26. The van der Waals surface area contributed by atoms with Crippen LogP contribution >= 0.6 is 0 Å². The summed E-state index contributed by atoms with van der Waals surface area (Å²) in [6, 6.07) is 6.93. The van der Waals surface area contributed by atoms with Crippen LogP contribution in [0.15, 0.2) is 24.3 Å². The third-order valence-electron chi connectivity index (χ3n) is 3.31. The number of hydrogen-bond acceptors (Lipinski definition) is 0. The summed E-state index contributed by atoms with van der Waals surface area (Å²) in [4.78, 5) is 0. The zero-order valence-electron chi connectivity index (χ0n) is 9.08. The van der Waals surface area contributed by atoms with Crippen molar-refractivity contribution in [2.45, 2.75) is 25.7 Å². The second-order valence-electron chi connectivity index (χ2n) is 4.47. The van der Waals surface area contributed by atoms with Crippen molar-refractivity contribution < 1.29 is 9.71 Å². The maximum Gasteiger partial charge on any atom is 0.123 e. The summed E-state index contributed by atoms with van der Waals surface area (Å²) in [5.74, 6) is 0.756. The molecule has 1 heterocycles. The zero-order valence-corrected chi connectivity index (χ0v) is 9.08. The van der Waals surface area contributed by atoms with Crippen LogP contribution in [0.25, 0.3) is 0 Å². The van der Waals surface area contributed by atoms with E-state index in [1.807, 2.05) is 12.1 Å². The maximum absolute atomic E-state index is 12.7. The van der Waals surface area contributed by atoms with Crippen LogP contribution in [-0.2, 0) is 6.42 Å². The first-order valence-corrected chi connectivity index (χ1v) is 5.91. The van der Waals surface area contributed by atoms with Crippen molar-refractivity contribution in [1.29, 1.82) is 0 Å². The molecule has 1 fully saturated rings. The van der Waals surface area contributed by atoms with Gasteiger partial charge in [0.25, 0.3) is 0 Å². The van der Waals surface area contributed by atoms with Crippen LogP contribution in [0.4, 0.5) is 4.39 Å². The lowest BCUT2D eigenvalue weighted by molar-refractivity contribution is -0.664. The molecule has 0 saturated carbocycles. The van der Waals surface area contributed by atoms with Crippen molar-refractivity contribution in [1.82, 2.24) is 0 Å². The highest BCUT2D eigenvalue weighted by molar-refractivity contribution is 5.16. The molecular formula is C13H19FN+. The first kappa shape index (κ1) is 10.6. The average molecular weight is 208 g/mol. The Bertz CT molecular complexity index is 288. The monoisotopic (exact) mass is 208 g/mol. The summed E-state index contributed by atoms with van der Waals surface area (Å²) in [7, 11) is 0. The van der Waals surface area contributed by atoms with Gasteiger partial charge in [0, 0.05) is 0 Å².